The molecular weight excluding hydrogens is 1870 g/mol. The lowest BCUT2D eigenvalue weighted by molar-refractivity contribution is -0.0166. The van der Waals surface area contributed by atoms with Crippen LogP contribution < -0.4 is 9.47 Å². The molecule has 9 heterocycles. The van der Waals surface area contributed by atoms with Gasteiger partial charge in [0.1, 0.15) is 87.1 Å². The van der Waals surface area contributed by atoms with Gasteiger partial charge in [0.15, 0.2) is 41.7 Å². The van der Waals surface area contributed by atoms with E-state index in [1.54, 1.807) is 44.2 Å². The van der Waals surface area contributed by atoms with E-state index in [4.69, 9.17) is 49.0 Å². The molecule has 0 unspecified atom stereocenters. The molecular formula is C111H90Cl3FN26O3. The standard InChI is InChI=1S/C20H14ClFN4O2.C20H17ClN4.C20H18N4.C19H16N4O.C16H12ClN5.C16H13N5/c21-15-3-1-2-12(4-15)5-18-17(8-23)20(26-25-18)24-9-13-6-16(22)7-14-10-27-11-28-19(13)14;1-2-14-5-3-7-16(9-14)13-23-20-18(12-22)19(24-25-20)11-15-6-4-8-17(21)10-15;1-2-15-9-6-10-17(11-15)14-22-20-18(13-21)19(23-24-20)12-16-7-4-3-5-8-16;1-24-18-10-6-5-9-15(18)13-21-19-16(12-20)17(22-23-19)11-14-7-3-2-4-8-14;17-12-4-1-3-11(7-12)8-15-14(9-18)16(22-21-15)20-10-13-5-2-6-19-13;17-10-14-15(9-12-5-2-1-3-6-12)20-21-16(14)19-11-13-7-4-8-18-13/h1-4,6-7,9H,5,10-11H2,(H,25,26);3-10,13H,2,11H2,1H3,(H,24,25);3-11,14H,2,12H2,1H3,(H,23,24);2-10,13H,11H2,1H3,(H,22,23);1-7,10,19H,8H2,(H,21,22);1-8,11,18H,9H2,(H,20,21). The minimum absolute atomic E-state index is 0.0924. The van der Waals surface area contributed by atoms with Crippen molar-refractivity contribution in [2.45, 2.75) is 71.8 Å². The van der Waals surface area contributed by atoms with Crippen LogP contribution in [-0.4, -0.2) is 122 Å². The molecule has 18 aromatic rings. The van der Waals surface area contributed by atoms with Crippen molar-refractivity contribution >= 4 is 107 Å². The highest BCUT2D eigenvalue weighted by atomic mass is 35.5. The summed E-state index contributed by atoms with van der Waals surface area (Å²) >= 11 is 18.0. The zero-order valence-electron chi connectivity index (χ0n) is 78.0. The number of aromatic amines is 8. The maximum absolute atomic E-state index is 13.8. The number of nitrogens with zero attached hydrogens (tertiary/aromatic N) is 18. The van der Waals surface area contributed by atoms with Gasteiger partial charge >= 0.3 is 0 Å². The van der Waals surface area contributed by atoms with E-state index in [2.05, 4.69) is 176 Å². The second-order valence-electron chi connectivity index (χ2n) is 31.8. The van der Waals surface area contributed by atoms with Gasteiger partial charge in [-0.05, 0) is 153 Å². The molecule has 0 saturated carbocycles. The third kappa shape index (κ3) is 28.8. The molecule has 8 aromatic heterocycles. The monoisotopic (exact) mass is 1960 g/mol. The van der Waals surface area contributed by atoms with Gasteiger partial charge in [-0.15, -0.1) is 0 Å². The van der Waals surface area contributed by atoms with Crippen LogP contribution in [0, 0.1) is 73.8 Å². The lowest BCUT2D eigenvalue weighted by atomic mass is 10.1. The minimum Gasteiger partial charge on any atom is -0.496 e. The third-order valence-corrected chi connectivity index (χ3v) is 22.6. The number of fused-ring (bicyclic) bond motifs is 1. The van der Waals surface area contributed by atoms with Crippen LogP contribution in [0.1, 0.15) is 165 Å². The van der Waals surface area contributed by atoms with Crippen LogP contribution in [0.15, 0.2) is 315 Å². The second-order valence-corrected chi connectivity index (χ2v) is 33.1. The summed E-state index contributed by atoms with van der Waals surface area (Å²) in [5.74, 6) is 3.07. The number of para-hydroxylation sites is 1. The molecule has 0 spiro atoms. The molecule has 0 aliphatic carbocycles. The van der Waals surface area contributed by atoms with Crippen molar-refractivity contribution in [1.82, 2.24) is 71.2 Å². The first-order chi connectivity index (χ1) is 70.6. The van der Waals surface area contributed by atoms with Gasteiger partial charge in [-0.25, -0.2) is 34.3 Å². The first kappa shape index (κ1) is 101. The predicted octanol–water partition coefficient (Wildman–Crippen LogP) is 23.5. The highest BCUT2D eigenvalue weighted by Crippen LogP contribution is 2.33. The first-order valence-corrected chi connectivity index (χ1v) is 46.2. The summed E-state index contributed by atoms with van der Waals surface area (Å²) in [4.78, 5) is 31.9. The predicted molar refractivity (Wildman–Crippen MR) is 557 cm³/mol. The minimum atomic E-state index is -0.418. The normalized spacial score (nSPS) is 11.3. The van der Waals surface area contributed by atoms with Crippen molar-refractivity contribution in [3.05, 3.63) is 458 Å². The van der Waals surface area contributed by atoms with E-state index in [9.17, 15) is 36.0 Å². The van der Waals surface area contributed by atoms with Crippen LogP contribution in [0.3, 0.4) is 0 Å². The summed E-state index contributed by atoms with van der Waals surface area (Å²) < 4.78 is 29.8. The Morgan fingerprint density at radius 3 is 0.986 bits per heavy atom. The Balaban J connectivity index is 0.000000137. The van der Waals surface area contributed by atoms with Crippen LogP contribution in [0.25, 0.3) is 0 Å². The van der Waals surface area contributed by atoms with Gasteiger partial charge in [0, 0.05) is 108 Å². The maximum Gasteiger partial charge on any atom is 0.191 e. The molecule has 0 radical (unpaired) electrons. The fourth-order valence-corrected chi connectivity index (χ4v) is 15.3. The lowest BCUT2D eigenvalue weighted by Gasteiger charge is -2.19. The van der Waals surface area contributed by atoms with Gasteiger partial charge in [-0.3, -0.25) is 30.6 Å². The molecule has 19 rings (SSSR count). The molecule has 8 N–H and O–H groups in total. The number of halogens is 4. The van der Waals surface area contributed by atoms with E-state index in [0.29, 0.717) is 139 Å². The number of methoxy groups -OCH3 is 1. The average Bonchev–Trinajstić information content (AvgIpc) is 1.79. The number of nitrogens with one attached hydrogen (secondary N) is 8. The molecule has 33 heteroatoms. The second kappa shape index (κ2) is 52.2. The topological polar surface area (TPSA) is 448 Å². The van der Waals surface area contributed by atoms with Crippen molar-refractivity contribution in [3.63, 3.8) is 0 Å². The largest absolute Gasteiger partial charge is 0.496 e. The van der Waals surface area contributed by atoms with E-state index in [1.165, 1.54) is 29.5 Å². The van der Waals surface area contributed by atoms with Gasteiger partial charge in [0.2, 0.25) is 0 Å². The van der Waals surface area contributed by atoms with Crippen molar-refractivity contribution in [1.29, 1.82) is 31.6 Å². The molecule has 710 valence electrons. The summed E-state index contributed by atoms with van der Waals surface area (Å²) in [5, 5.41) is 101. The van der Waals surface area contributed by atoms with E-state index in [-0.39, 0.29) is 19.2 Å². The Morgan fingerprint density at radius 2 is 0.653 bits per heavy atom. The summed E-state index contributed by atoms with van der Waals surface area (Å²) in [6.45, 7) is 4.59. The molecule has 10 aromatic carbocycles. The Morgan fingerprint density at radius 1 is 0.340 bits per heavy atom. The number of hydrogen-bond acceptors (Lipinski definition) is 21. The summed E-state index contributed by atoms with van der Waals surface area (Å²) in [5.41, 5.74) is 21.5. The summed E-state index contributed by atoms with van der Waals surface area (Å²) in [6.07, 6.45) is 18.9. The number of benzene rings is 10. The summed E-state index contributed by atoms with van der Waals surface area (Å²) in [7, 11) is 1.61. The van der Waals surface area contributed by atoms with E-state index < -0.39 is 5.82 Å². The van der Waals surface area contributed by atoms with E-state index in [0.717, 1.165) is 109 Å². The van der Waals surface area contributed by atoms with Gasteiger partial charge in [0.25, 0.3) is 0 Å². The molecule has 0 bridgehead atoms. The number of aromatic nitrogens is 14. The smallest absolute Gasteiger partial charge is 0.191 e. The molecule has 1 aliphatic rings. The summed E-state index contributed by atoms with van der Waals surface area (Å²) in [6, 6.07) is 99.5. The Kier molecular flexibility index (Phi) is 36.7. The van der Waals surface area contributed by atoms with E-state index in [1.807, 2.05) is 243 Å². The Hall–Kier alpha value is -18.7. The van der Waals surface area contributed by atoms with Crippen LogP contribution in [-0.2, 0) is 62.7 Å². The number of H-pyrrole nitrogens is 8. The van der Waals surface area contributed by atoms with Crippen molar-refractivity contribution < 1.29 is 18.6 Å². The SMILES string of the molecule is CCc1cccc(C=Nc2n[nH]c(Cc3cccc(Cl)c3)c2C#N)c1.CCc1cccc(C=Nc2n[nH]c(Cc3ccccc3)c2C#N)c1.COc1ccccc1C=Nc1n[nH]c(Cc2ccccc2)c1C#N.N#Cc1c(N=Cc2cc(F)cc3c2OCOC3)n[nH]c1Cc1cccc(Cl)c1.N#Cc1c(N=Cc2ccc[nH]2)n[nH]c1Cc1cccc(Cl)c1.N#Cc1c(N=Cc2ccc[nH]2)n[nH]c1Cc1ccccc1. The quantitative estimate of drug-likeness (QED) is 0.0222. The lowest BCUT2D eigenvalue weighted by Crippen LogP contribution is -2.13. The third-order valence-electron chi connectivity index (χ3n) is 21.9. The average molecular weight is 1960 g/mol. The molecule has 0 atom stereocenters. The van der Waals surface area contributed by atoms with Crippen molar-refractivity contribution in [3.8, 4) is 47.9 Å². The van der Waals surface area contributed by atoms with Gasteiger partial charge in [-0.2, -0.15) is 62.2 Å². The molecule has 0 fully saturated rings. The molecule has 0 amide bonds. The molecule has 29 nitrogen and oxygen atoms in total. The fraction of sp³-hybridized carbons (Fsp3) is 0.117. The Bertz CT molecular complexity index is 7820. The fourth-order valence-electron chi connectivity index (χ4n) is 14.7. The number of aliphatic imine (C=N–C) groups is 6. The van der Waals surface area contributed by atoms with Gasteiger partial charge in [0.05, 0.1) is 71.7 Å². The zero-order chi connectivity index (χ0) is 101. The van der Waals surface area contributed by atoms with Crippen molar-refractivity contribution in [2.75, 3.05) is 13.9 Å². The first-order valence-electron chi connectivity index (χ1n) is 45.1. The van der Waals surface area contributed by atoms with Crippen LogP contribution in [0.2, 0.25) is 15.1 Å². The number of ether oxygens (including phenoxy) is 3. The number of rotatable bonds is 27. The zero-order valence-corrected chi connectivity index (χ0v) is 80.2. The van der Waals surface area contributed by atoms with Crippen LogP contribution in [0.5, 0.6) is 11.5 Å². The van der Waals surface area contributed by atoms with E-state index >= 15 is 0 Å². The number of nitriles is 6. The highest BCUT2D eigenvalue weighted by Gasteiger charge is 2.22. The number of hydrogen-bond donors (Lipinski definition) is 8. The molecule has 1 aliphatic heterocycles. The molecule has 144 heavy (non-hydrogen) atoms. The van der Waals surface area contributed by atoms with Crippen molar-refractivity contribution in [2.24, 2.45) is 30.0 Å². The van der Waals surface area contributed by atoms with Gasteiger partial charge in [-0.1, -0.05) is 237 Å². The number of aryl methyl sites for hydroxylation is 2. The maximum atomic E-state index is 13.8. The van der Waals surface area contributed by atoms with Gasteiger partial charge < -0.3 is 24.2 Å². The molecule has 0 saturated heterocycles. The Labute approximate surface area is 843 Å². The van der Waals surface area contributed by atoms with Crippen LogP contribution >= 0.6 is 34.8 Å². The highest BCUT2D eigenvalue weighted by molar-refractivity contribution is 6.31. The van der Waals surface area contributed by atoms with Crippen LogP contribution in [0.4, 0.5) is 39.3 Å².